The van der Waals surface area contributed by atoms with Gasteiger partial charge in [0.15, 0.2) is 11.8 Å². The number of ether oxygens (including phenoxy) is 1. The zero-order valence-corrected chi connectivity index (χ0v) is 12.2. The predicted molar refractivity (Wildman–Crippen MR) is 78.0 cm³/mol. The zero-order valence-electron chi connectivity index (χ0n) is 9.86. The molecule has 0 saturated carbocycles. The summed E-state index contributed by atoms with van der Waals surface area (Å²) in [6, 6.07) is 2.85. The van der Waals surface area contributed by atoms with Crippen molar-refractivity contribution in [2.45, 2.75) is 6.42 Å². The quantitative estimate of drug-likeness (QED) is 0.620. The molecule has 7 heteroatoms. The maximum absolute atomic E-state index is 13.1. The second-order valence-electron chi connectivity index (χ2n) is 3.58. The molecule has 1 aliphatic heterocycles. The third-order valence-corrected chi connectivity index (χ3v) is 2.26. The summed E-state index contributed by atoms with van der Waals surface area (Å²) in [5.74, 6) is 0.370. The van der Waals surface area contributed by atoms with Gasteiger partial charge in [0.05, 0.1) is 6.54 Å². The van der Waals surface area contributed by atoms with Crippen molar-refractivity contribution >= 4 is 29.9 Å². The van der Waals surface area contributed by atoms with Crippen molar-refractivity contribution in [2.24, 2.45) is 4.99 Å². The third kappa shape index (κ3) is 4.63. The molecule has 0 radical (unpaired) electrons. The second-order valence-corrected chi connectivity index (χ2v) is 3.58. The Balaban J connectivity index is 0.00000162. The van der Waals surface area contributed by atoms with Crippen molar-refractivity contribution in [2.75, 3.05) is 26.2 Å². The molecule has 2 heterocycles. The van der Waals surface area contributed by atoms with Crippen LogP contribution in [0, 0.1) is 5.82 Å². The molecule has 18 heavy (non-hydrogen) atoms. The largest absolute Gasteiger partial charge is 0.474 e. The maximum atomic E-state index is 13.1. The maximum Gasteiger partial charge on any atom is 0.250 e. The fraction of sp³-hybridized carbons (Fsp3) is 0.455. The molecule has 0 atom stereocenters. The Bertz CT molecular complexity index is 402. The number of rotatable bonds is 4. The monoisotopic (exact) mass is 366 g/mol. The van der Waals surface area contributed by atoms with Gasteiger partial charge in [0.1, 0.15) is 6.61 Å². The highest BCUT2D eigenvalue weighted by molar-refractivity contribution is 14.0. The SMILES string of the molecule is Fc1cccnc1OCCNC1=NCCCN1.I. The van der Waals surface area contributed by atoms with E-state index < -0.39 is 5.82 Å². The molecule has 1 aromatic rings. The number of hydrogen-bond donors (Lipinski definition) is 2. The average Bonchev–Trinajstić information content (AvgIpc) is 2.38. The molecule has 0 saturated heterocycles. The highest BCUT2D eigenvalue weighted by Crippen LogP contribution is 2.10. The van der Waals surface area contributed by atoms with Gasteiger partial charge in [-0.15, -0.1) is 24.0 Å². The summed E-state index contributed by atoms with van der Waals surface area (Å²) in [5.41, 5.74) is 0. The molecule has 0 aliphatic carbocycles. The van der Waals surface area contributed by atoms with Crippen LogP contribution in [0.3, 0.4) is 0 Å². The first-order chi connectivity index (χ1) is 8.36. The molecule has 1 aliphatic rings. The average molecular weight is 366 g/mol. The Hall–Kier alpha value is -1.12. The van der Waals surface area contributed by atoms with Gasteiger partial charge >= 0.3 is 0 Å². The highest BCUT2D eigenvalue weighted by atomic mass is 127. The smallest absolute Gasteiger partial charge is 0.250 e. The van der Waals surface area contributed by atoms with Crippen LogP contribution in [0.2, 0.25) is 0 Å². The van der Waals surface area contributed by atoms with Crippen LogP contribution in [-0.2, 0) is 0 Å². The van der Waals surface area contributed by atoms with Gasteiger partial charge in [-0.3, -0.25) is 4.99 Å². The minimum absolute atomic E-state index is 0. The van der Waals surface area contributed by atoms with Crippen molar-refractivity contribution < 1.29 is 9.13 Å². The van der Waals surface area contributed by atoms with Gasteiger partial charge in [-0.05, 0) is 18.6 Å². The summed E-state index contributed by atoms with van der Waals surface area (Å²) in [7, 11) is 0. The number of nitrogens with one attached hydrogen (secondary N) is 2. The molecule has 2 N–H and O–H groups in total. The molecule has 0 amide bonds. The van der Waals surface area contributed by atoms with Gasteiger partial charge in [0.2, 0.25) is 5.88 Å². The standard InChI is InChI=1S/C11H15FN4O.HI/c12-9-3-1-4-13-10(9)17-8-7-16-11-14-5-2-6-15-11;/h1,3-4H,2,5-8H2,(H2,14,15,16);1H. The fourth-order valence-corrected chi connectivity index (χ4v) is 1.45. The highest BCUT2D eigenvalue weighted by Gasteiger charge is 2.04. The van der Waals surface area contributed by atoms with Crippen LogP contribution in [0.4, 0.5) is 4.39 Å². The molecule has 0 fully saturated rings. The van der Waals surface area contributed by atoms with Crippen molar-refractivity contribution in [3.63, 3.8) is 0 Å². The Morgan fingerprint density at radius 3 is 3.11 bits per heavy atom. The number of hydrogen-bond acceptors (Lipinski definition) is 5. The Morgan fingerprint density at radius 2 is 2.39 bits per heavy atom. The van der Waals surface area contributed by atoms with Gasteiger partial charge in [0, 0.05) is 19.3 Å². The van der Waals surface area contributed by atoms with Crippen LogP contribution in [0.15, 0.2) is 23.3 Å². The van der Waals surface area contributed by atoms with Crippen LogP contribution in [0.1, 0.15) is 6.42 Å². The molecule has 0 spiro atoms. The van der Waals surface area contributed by atoms with E-state index in [0.29, 0.717) is 13.2 Å². The normalized spacial score (nSPS) is 13.9. The Morgan fingerprint density at radius 1 is 1.50 bits per heavy atom. The molecular formula is C11H16FIN4O. The number of aliphatic imine (C=N–C) groups is 1. The molecule has 0 aromatic carbocycles. The van der Waals surface area contributed by atoms with Gasteiger partial charge in [-0.1, -0.05) is 0 Å². The fourth-order valence-electron chi connectivity index (χ4n) is 1.45. The van der Waals surface area contributed by atoms with Gasteiger partial charge in [0.25, 0.3) is 0 Å². The van der Waals surface area contributed by atoms with E-state index in [-0.39, 0.29) is 29.9 Å². The van der Waals surface area contributed by atoms with Crippen LogP contribution in [0.25, 0.3) is 0 Å². The summed E-state index contributed by atoms with van der Waals surface area (Å²) >= 11 is 0. The lowest BCUT2D eigenvalue weighted by molar-refractivity contribution is 0.292. The van der Waals surface area contributed by atoms with Gasteiger partial charge in [-0.25, -0.2) is 9.37 Å². The molecule has 100 valence electrons. The van der Waals surface area contributed by atoms with Crippen LogP contribution >= 0.6 is 24.0 Å². The topological polar surface area (TPSA) is 58.5 Å². The Kier molecular flexibility index (Phi) is 6.69. The summed E-state index contributed by atoms with van der Waals surface area (Å²) in [4.78, 5) is 8.03. The number of guanidine groups is 1. The minimum atomic E-state index is -0.444. The van der Waals surface area contributed by atoms with Crippen molar-refractivity contribution in [1.29, 1.82) is 0 Å². The molecule has 2 rings (SSSR count). The first-order valence-corrected chi connectivity index (χ1v) is 5.62. The molecule has 0 bridgehead atoms. The van der Waals surface area contributed by atoms with Gasteiger partial charge in [-0.2, -0.15) is 0 Å². The van der Waals surface area contributed by atoms with E-state index in [4.69, 9.17) is 4.74 Å². The van der Waals surface area contributed by atoms with Gasteiger partial charge < -0.3 is 15.4 Å². The number of halogens is 2. The first-order valence-electron chi connectivity index (χ1n) is 5.62. The van der Waals surface area contributed by atoms with Crippen molar-refractivity contribution in [3.8, 4) is 5.88 Å². The van der Waals surface area contributed by atoms with E-state index in [2.05, 4.69) is 20.6 Å². The molecule has 5 nitrogen and oxygen atoms in total. The summed E-state index contributed by atoms with van der Waals surface area (Å²) in [6.07, 6.45) is 2.56. The zero-order chi connectivity index (χ0) is 11.9. The van der Waals surface area contributed by atoms with Crippen LogP contribution in [-0.4, -0.2) is 37.2 Å². The first kappa shape index (κ1) is 14.9. The number of aromatic nitrogens is 1. The molecule has 0 unspecified atom stereocenters. The Labute approximate surface area is 122 Å². The van der Waals surface area contributed by atoms with E-state index in [1.165, 1.54) is 18.3 Å². The lowest BCUT2D eigenvalue weighted by Crippen LogP contribution is -2.42. The third-order valence-electron chi connectivity index (χ3n) is 2.26. The molecule has 1 aromatic heterocycles. The summed E-state index contributed by atoms with van der Waals surface area (Å²) in [6.45, 7) is 2.67. The number of pyridine rings is 1. The summed E-state index contributed by atoms with van der Waals surface area (Å²) in [5, 5.41) is 6.20. The minimum Gasteiger partial charge on any atom is -0.474 e. The van der Waals surface area contributed by atoms with Crippen molar-refractivity contribution in [1.82, 2.24) is 15.6 Å². The summed E-state index contributed by atoms with van der Waals surface area (Å²) < 4.78 is 18.3. The molecular weight excluding hydrogens is 350 g/mol. The van der Waals surface area contributed by atoms with E-state index in [9.17, 15) is 4.39 Å². The van der Waals surface area contributed by atoms with E-state index in [1.807, 2.05) is 0 Å². The second kappa shape index (κ2) is 8.06. The van der Waals surface area contributed by atoms with E-state index >= 15 is 0 Å². The van der Waals surface area contributed by atoms with E-state index in [1.54, 1.807) is 0 Å². The predicted octanol–water partition coefficient (Wildman–Crippen LogP) is 1.16. The van der Waals surface area contributed by atoms with Crippen LogP contribution in [0.5, 0.6) is 5.88 Å². The van der Waals surface area contributed by atoms with Crippen molar-refractivity contribution in [3.05, 3.63) is 24.1 Å². The van der Waals surface area contributed by atoms with E-state index in [0.717, 1.165) is 25.5 Å². The number of nitrogens with zero attached hydrogens (tertiary/aromatic N) is 2. The lowest BCUT2D eigenvalue weighted by Gasteiger charge is -2.15. The van der Waals surface area contributed by atoms with Crippen LogP contribution < -0.4 is 15.4 Å². The lowest BCUT2D eigenvalue weighted by atomic mass is 10.4.